The fourth-order valence-corrected chi connectivity index (χ4v) is 9.50. The van der Waals surface area contributed by atoms with Crippen LogP contribution in [-0.4, -0.2) is 0 Å². The van der Waals surface area contributed by atoms with Crippen LogP contribution in [0.4, 0.5) is 0 Å². The molecule has 0 atom stereocenters. The van der Waals surface area contributed by atoms with Gasteiger partial charge in [0.15, 0.2) is 0 Å². The third-order valence-corrected chi connectivity index (χ3v) is 12.4. The summed E-state index contributed by atoms with van der Waals surface area (Å²) < 4.78 is 0. The predicted molar refractivity (Wildman–Crippen MR) is 251 cm³/mol. The van der Waals surface area contributed by atoms with Gasteiger partial charge in [0.2, 0.25) is 0 Å². The highest BCUT2D eigenvalue weighted by Crippen LogP contribution is 2.41. The molecule has 0 bridgehead atoms. The molecular weight excluding hydrogens is 697 g/mol. The molecule has 0 unspecified atom stereocenters. The van der Waals surface area contributed by atoms with Crippen molar-refractivity contribution in [3.8, 4) is 44.5 Å². The summed E-state index contributed by atoms with van der Waals surface area (Å²) in [5.74, 6) is 0. The van der Waals surface area contributed by atoms with Gasteiger partial charge in [-0.3, -0.25) is 0 Å². The summed E-state index contributed by atoms with van der Waals surface area (Å²) in [6.07, 6.45) is 0. The van der Waals surface area contributed by atoms with Crippen LogP contribution in [0, 0.1) is 0 Å². The molecule has 0 saturated carbocycles. The molecule has 0 fully saturated rings. The lowest BCUT2D eigenvalue weighted by Gasteiger charge is -2.14. The van der Waals surface area contributed by atoms with Gasteiger partial charge in [0.05, 0.1) is 0 Å². The van der Waals surface area contributed by atoms with E-state index in [0.29, 0.717) is 0 Å². The SMILES string of the molecule is c1ccc(-c2ccc3c4ccc(-c5ccc6ccc(-c7ccc8c9ccc(-c%10ccccc%10)cc9c9ccccc9c8c7)cc6c5)cc4c4ccccc4c3c2)cc1. The zero-order valence-electron chi connectivity index (χ0n) is 31.8. The van der Waals surface area contributed by atoms with Crippen LogP contribution in [0.25, 0.3) is 120 Å². The van der Waals surface area contributed by atoms with E-state index >= 15 is 0 Å². The molecule has 0 aliphatic heterocycles. The average Bonchev–Trinajstić information content (AvgIpc) is 3.31. The topological polar surface area (TPSA) is 0 Å². The number of hydrogen-bond acceptors (Lipinski definition) is 0. The van der Waals surface area contributed by atoms with E-state index in [0.717, 1.165) is 0 Å². The Hall–Kier alpha value is -7.54. The van der Waals surface area contributed by atoms with E-state index in [1.807, 2.05) is 0 Å². The van der Waals surface area contributed by atoms with Gasteiger partial charge in [-0.1, -0.05) is 182 Å². The van der Waals surface area contributed by atoms with E-state index in [-0.39, 0.29) is 0 Å². The summed E-state index contributed by atoms with van der Waals surface area (Å²) in [5, 5.41) is 17.9. The summed E-state index contributed by atoms with van der Waals surface area (Å²) >= 11 is 0. The molecular formula is C58H36. The average molecular weight is 733 g/mol. The molecule has 0 saturated heterocycles. The monoisotopic (exact) mass is 732 g/mol. The van der Waals surface area contributed by atoms with Crippen LogP contribution in [0.5, 0.6) is 0 Å². The summed E-state index contributed by atoms with van der Waals surface area (Å²) in [6, 6.07) is 80.9. The molecule has 12 aromatic rings. The quantitative estimate of drug-likeness (QED) is 0.158. The third kappa shape index (κ3) is 5.23. The molecule has 0 N–H and O–H groups in total. The number of hydrogen-bond donors (Lipinski definition) is 0. The van der Waals surface area contributed by atoms with Crippen LogP contribution >= 0.6 is 0 Å². The first-order valence-electron chi connectivity index (χ1n) is 20.2. The Labute approximate surface area is 336 Å². The first-order chi connectivity index (χ1) is 28.7. The van der Waals surface area contributed by atoms with Gasteiger partial charge in [0.1, 0.15) is 0 Å². The second-order valence-corrected chi connectivity index (χ2v) is 15.6. The second kappa shape index (κ2) is 13.0. The van der Waals surface area contributed by atoms with Crippen LogP contribution in [0.2, 0.25) is 0 Å². The van der Waals surface area contributed by atoms with Crippen molar-refractivity contribution in [3.05, 3.63) is 218 Å². The number of fused-ring (bicyclic) bond motifs is 13. The summed E-state index contributed by atoms with van der Waals surface area (Å²) in [7, 11) is 0. The van der Waals surface area contributed by atoms with Gasteiger partial charge in [0, 0.05) is 0 Å². The van der Waals surface area contributed by atoms with E-state index in [2.05, 4.69) is 218 Å². The molecule has 58 heavy (non-hydrogen) atoms. The standard InChI is InChI=1S/C58H36/c1-3-11-37(12-4-1)42-23-27-51-53-29-25-44(35-57(53)49-17-9-7-15-47(49)55(51)33-42)40-21-19-39-20-22-41(32-46(39)31-40)45-26-30-54-52-28-24-43(38-13-5-2-6-14-38)34-56(52)48-16-8-10-18-50(48)58(54)36-45/h1-36H. The van der Waals surface area contributed by atoms with Crippen molar-refractivity contribution in [1.82, 2.24) is 0 Å². The van der Waals surface area contributed by atoms with E-state index in [9.17, 15) is 0 Å². The van der Waals surface area contributed by atoms with Gasteiger partial charge in [-0.15, -0.1) is 0 Å². The van der Waals surface area contributed by atoms with Crippen molar-refractivity contribution in [2.45, 2.75) is 0 Å². The highest BCUT2D eigenvalue weighted by atomic mass is 14.2. The Morgan fingerprint density at radius 2 is 0.397 bits per heavy atom. The van der Waals surface area contributed by atoms with Gasteiger partial charge >= 0.3 is 0 Å². The lowest BCUT2D eigenvalue weighted by Crippen LogP contribution is -1.87. The van der Waals surface area contributed by atoms with Crippen LogP contribution in [0.1, 0.15) is 0 Å². The Morgan fingerprint density at radius 3 is 0.741 bits per heavy atom. The van der Waals surface area contributed by atoms with E-state index in [1.54, 1.807) is 0 Å². The summed E-state index contributed by atoms with van der Waals surface area (Å²) in [6.45, 7) is 0. The maximum Gasteiger partial charge on any atom is -0.00928 e. The number of benzene rings is 12. The Kier molecular flexibility index (Phi) is 7.33. The van der Waals surface area contributed by atoms with Crippen molar-refractivity contribution in [2.24, 2.45) is 0 Å². The molecule has 0 aliphatic carbocycles. The fraction of sp³-hybridized carbons (Fsp3) is 0. The van der Waals surface area contributed by atoms with E-state index < -0.39 is 0 Å². The molecule has 0 amide bonds. The molecule has 0 nitrogen and oxygen atoms in total. The van der Waals surface area contributed by atoms with E-state index in [1.165, 1.54) is 120 Å². The molecule has 0 radical (unpaired) electrons. The van der Waals surface area contributed by atoms with Crippen molar-refractivity contribution in [3.63, 3.8) is 0 Å². The second-order valence-electron chi connectivity index (χ2n) is 15.6. The zero-order chi connectivity index (χ0) is 38.2. The van der Waals surface area contributed by atoms with Gasteiger partial charge < -0.3 is 0 Å². The minimum atomic E-state index is 1.22. The maximum atomic E-state index is 2.40. The van der Waals surface area contributed by atoms with Gasteiger partial charge in [-0.2, -0.15) is 0 Å². The molecule has 0 aromatic heterocycles. The first-order valence-corrected chi connectivity index (χ1v) is 20.2. The van der Waals surface area contributed by atoms with Gasteiger partial charge in [0.25, 0.3) is 0 Å². The van der Waals surface area contributed by atoms with Crippen molar-refractivity contribution in [2.75, 3.05) is 0 Å². The Morgan fingerprint density at radius 1 is 0.138 bits per heavy atom. The van der Waals surface area contributed by atoms with Crippen molar-refractivity contribution < 1.29 is 0 Å². The lowest BCUT2D eigenvalue weighted by atomic mass is 9.89. The molecule has 12 aromatic carbocycles. The van der Waals surface area contributed by atoms with Crippen LogP contribution in [-0.2, 0) is 0 Å². The minimum absolute atomic E-state index is 1.22. The van der Waals surface area contributed by atoms with Crippen LogP contribution in [0.15, 0.2) is 218 Å². The maximum absolute atomic E-state index is 2.40. The predicted octanol–water partition coefficient (Wildman–Crippen LogP) is 16.4. The lowest BCUT2D eigenvalue weighted by molar-refractivity contribution is 1.65. The van der Waals surface area contributed by atoms with Crippen molar-refractivity contribution >= 4 is 75.4 Å². The number of rotatable bonds is 4. The Bertz CT molecular complexity index is 3320. The molecule has 0 aliphatic rings. The van der Waals surface area contributed by atoms with Crippen LogP contribution < -0.4 is 0 Å². The first kappa shape index (κ1) is 32.7. The van der Waals surface area contributed by atoms with Gasteiger partial charge in [-0.25, -0.2) is 0 Å². The van der Waals surface area contributed by atoms with E-state index in [4.69, 9.17) is 0 Å². The molecule has 268 valence electrons. The fourth-order valence-electron chi connectivity index (χ4n) is 9.50. The van der Waals surface area contributed by atoms with Crippen molar-refractivity contribution in [1.29, 1.82) is 0 Å². The molecule has 0 heterocycles. The molecule has 0 heteroatoms. The highest BCUT2D eigenvalue weighted by molar-refractivity contribution is 6.27. The molecule has 0 spiro atoms. The minimum Gasteiger partial charge on any atom is -0.0622 e. The van der Waals surface area contributed by atoms with Crippen LogP contribution in [0.3, 0.4) is 0 Å². The Balaban J connectivity index is 0.964. The molecule has 12 rings (SSSR count). The highest BCUT2D eigenvalue weighted by Gasteiger charge is 2.14. The van der Waals surface area contributed by atoms with Gasteiger partial charge in [-0.05, 0) is 156 Å². The summed E-state index contributed by atoms with van der Waals surface area (Å²) in [5.41, 5.74) is 9.87. The largest absolute Gasteiger partial charge is 0.0622 e. The summed E-state index contributed by atoms with van der Waals surface area (Å²) in [4.78, 5) is 0. The third-order valence-electron chi connectivity index (χ3n) is 12.4. The zero-order valence-corrected chi connectivity index (χ0v) is 31.8. The normalized spacial score (nSPS) is 11.8. The smallest absolute Gasteiger partial charge is 0.00928 e.